The van der Waals surface area contributed by atoms with E-state index < -0.39 is 0 Å². The van der Waals surface area contributed by atoms with Gasteiger partial charge in [0.25, 0.3) is 0 Å². The van der Waals surface area contributed by atoms with Gasteiger partial charge >= 0.3 is 0 Å². The Balaban J connectivity index is 2.97. The minimum atomic E-state index is 0.168. The summed E-state index contributed by atoms with van der Waals surface area (Å²) in [7, 11) is 0. The first-order chi connectivity index (χ1) is 7.19. The van der Waals surface area contributed by atoms with E-state index in [1.165, 1.54) is 0 Å². The fourth-order valence-corrected chi connectivity index (χ4v) is 1.30. The first-order valence-corrected chi connectivity index (χ1v) is 5.09. The maximum atomic E-state index is 8.61. The van der Waals surface area contributed by atoms with Crippen LogP contribution in [-0.4, -0.2) is 18.1 Å². The molecule has 1 aromatic rings. The highest BCUT2D eigenvalue weighted by Crippen LogP contribution is 2.19. The first kappa shape index (κ1) is 11.5. The van der Waals surface area contributed by atoms with Crippen molar-refractivity contribution in [3.63, 3.8) is 0 Å². The maximum absolute atomic E-state index is 8.61. The second-order valence-corrected chi connectivity index (χ2v) is 3.82. The molecule has 0 spiro atoms. The molecule has 4 nitrogen and oxygen atoms in total. The van der Waals surface area contributed by atoms with Gasteiger partial charge in [-0.3, -0.25) is 0 Å². The number of anilines is 1. The smallest absolute Gasteiger partial charge is 0.130 e. The van der Waals surface area contributed by atoms with Crippen LogP contribution in [0.25, 0.3) is 0 Å². The minimum Gasteiger partial charge on any atom is -0.330 e. The highest BCUT2D eigenvalue weighted by Gasteiger charge is 2.07. The molecule has 1 aromatic heterocycles. The van der Waals surface area contributed by atoms with Gasteiger partial charge in [-0.25, -0.2) is 4.98 Å². The summed E-state index contributed by atoms with van der Waals surface area (Å²) in [5, 5.41) is 17.2. The molecule has 15 heavy (non-hydrogen) atoms. The molecular formula is C10H9BrN4. The lowest BCUT2D eigenvalue weighted by Crippen LogP contribution is -2.24. The van der Waals surface area contributed by atoms with Gasteiger partial charge in [-0.1, -0.05) is 0 Å². The molecular weight excluding hydrogens is 256 g/mol. The van der Waals surface area contributed by atoms with Crippen LogP contribution in [0.3, 0.4) is 0 Å². The molecule has 5 heteroatoms. The fourth-order valence-electron chi connectivity index (χ4n) is 1.09. The molecule has 0 saturated carbocycles. The van der Waals surface area contributed by atoms with Crippen molar-refractivity contribution in [2.45, 2.75) is 6.92 Å². The van der Waals surface area contributed by atoms with Crippen LogP contribution in [0.15, 0.2) is 16.7 Å². The number of rotatable bonds is 3. The van der Waals surface area contributed by atoms with Crippen LogP contribution in [0.2, 0.25) is 0 Å². The molecule has 0 amide bonds. The van der Waals surface area contributed by atoms with E-state index in [0.29, 0.717) is 5.82 Å². The van der Waals surface area contributed by atoms with Crippen molar-refractivity contribution in [1.82, 2.24) is 4.98 Å². The minimum absolute atomic E-state index is 0.168. The predicted molar refractivity (Wildman–Crippen MR) is 60.1 cm³/mol. The van der Waals surface area contributed by atoms with Crippen LogP contribution >= 0.6 is 15.9 Å². The lowest BCUT2D eigenvalue weighted by atomic mass is 10.3. The number of nitrogens with zero attached hydrogens (tertiary/aromatic N) is 4. The summed E-state index contributed by atoms with van der Waals surface area (Å²) in [6, 6.07) is 5.86. The van der Waals surface area contributed by atoms with Gasteiger partial charge < -0.3 is 4.90 Å². The Hall–Kier alpha value is -1.59. The van der Waals surface area contributed by atoms with Crippen LogP contribution in [0.4, 0.5) is 5.82 Å². The number of hydrogen-bond donors (Lipinski definition) is 0. The quantitative estimate of drug-likeness (QED) is 0.784. The second kappa shape index (κ2) is 5.33. The van der Waals surface area contributed by atoms with Gasteiger partial charge in [0.1, 0.15) is 18.9 Å². The fraction of sp³-hybridized carbons (Fsp3) is 0.300. The Morgan fingerprint density at radius 2 is 2.00 bits per heavy atom. The topological polar surface area (TPSA) is 63.7 Å². The summed E-state index contributed by atoms with van der Waals surface area (Å²) < 4.78 is 0.917. The van der Waals surface area contributed by atoms with Crippen LogP contribution in [0, 0.1) is 29.6 Å². The zero-order chi connectivity index (χ0) is 11.3. The molecule has 76 valence electrons. The van der Waals surface area contributed by atoms with Gasteiger partial charge in [0, 0.05) is 10.7 Å². The van der Waals surface area contributed by atoms with E-state index >= 15 is 0 Å². The SMILES string of the molecule is Cc1cc(N(CC#N)CC#N)ncc1Br. The highest BCUT2D eigenvalue weighted by atomic mass is 79.9. The normalized spacial score (nSPS) is 9.07. The number of nitriles is 2. The van der Waals surface area contributed by atoms with E-state index in [0.717, 1.165) is 10.0 Å². The summed E-state index contributed by atoms with van der Waals surface area (Å²) >= 11 is 3.35. The van der Waals surface area contributed by atoms with Gasteiger partial charge in [0.05, 0.1) is 12.1 Å². The summed E-state index contributed by atoms with van der Waals surface area (Å²) in [6.07, 6.45) is 1.67. The number of hydrogen-bond acceptors (Lipinski definition) is 4. The van der Waals surface area contributed by atoms with Gasteiger partial charge in [-0.05, 0) is 34.5 Å². The molecule has 0 aromatic carbocycles. The van der Waals surface area contributed by atoms with Gasteiger partial charge in [0.15, 0.2) is 0 Å². The van der Waals surface area contributed by atoms with Crippen LogP contribution < -0.4 is 4.90 Å². The number of pyridine rings is 1. The summed E-state index contributed by atoms with van der Waals surface area (Å²) in [5.74, 6) is 0.652. The average Bonchev–Trinajstić information content (AvgIpc) is 2.22. The molecule has 0 fully saturated rings. The van der Waals surface area contributed by atoms with Gasteiger partial charge in [-0.2, -0.15) is 10.5 Å². The lowest BCUT2D eigenvalue weighted by molar-refractivity contribution is 0.932. The Labute approximate surface area is 96.9 Å². The van der Waals surface area contributed by atoms with E-state index in [-0.39, 0.29) is 13.1 Å². The Morgan fingerprint density at radius 3 is 2.47 bits per heavy atom. The monoisotopic (exact) mass is 264 g/mol. The van der Waals surface area contributed by atoms with Crippen LogP contribution in [0.1, 0.15) is 5.56 Å². The molecule has 0 aliphatic heterocycles. The first-order valence-electron chi connectivity index (χ1n) is 4.30. The molecule has 1 heterocycles. The molecule has 0 aliphatic rings. The van der Waals surface area contributed by atoms with Crippen molar-refractivity contribution in [1.29, 1.82) is 10.5 Å². The van der Waals surface area contributed by atoms with E-state index in [4.69, 9.17) is 10.5 Å². The standard InChI is InChI=1S/C10H9BrN4/c1-8-6-10(14-7-9(8)11)15(4-2-12)5-3-13/h6-7H,4-5H2,1H3. The van der Waals surface area contributed by atoms with E-state index in [9.17, 15) is 0 Å². The lowest BCUT2D eigenvalue weighted by Gasteiger charge is -2.17. The van der Waals surface area contributed by atoms with Crippen molar-refractivity contribution in [2.24, 2.45) is 0 Å². The molecule has 0 bridgehead atoms. The summed E-state index contributed by atoms with van der Waals surface area (Å²) in [6.45, 7) is 2.27. The third-order valence-electron chi connectivity index (χ3n) is 1.88. The third-order valence-corrected chi connectivity index (χ3v) is 2.71. The Bertz CT molecular complexity index is 414. The molecule has 0 unspecified atom stereocenters. The summed E-state index contributed by atoms with van der Waals surface area (Å²) in [5.41, 5.74) is 1.03. The number of aromatic nitrogens is 1. The van der Waals surface area contributed by atoms with Crippen molar-refractivity contribution in [3.05, 3.63) is 22.3 Å². The maximum Gasteiger partial charge on any atom is 0.130 e. The Kier molecular flexibility index (Phi) is 4.08. The van der Waals surface area contributed by atoms with Gasteiger partial charge in [-0.15, -0.1) is 0 Å². The van der Waals surface area contributed by atoms with Crippen LogP contribution in [-0.2, 0) is 0 Å². The van der Waals surface area contributed by atoms with E-state index in [1.54, 1.807) is 11.1 Å². The molecule has 0 N–H and O–H groups in total. The summed E-state index contributed by atoms with van der Waals surface area (Å²) in [4.78, 5) is 5.78. The van der Waals surface area contributed by atoms with E-state index in [1.807, 2.05) is 25.1 Å². The average molecular weight is 265 g/mol. The molecule has 0 saturated heterocycles. The third kappa shape index (κ3) is 2.93. The zero-order valence-corrected chi connectivity index (χ0v) is 9.82. The van der Waals surface area contributed by atoms with Crippen molar-refractivity contribution in [2.75, 3.05) is 18.0 Å². The van der Waals surface area contributed by atoms with E-state index in [2.05, 4.69) is 20.9 Å². The zero-order valence-electron chi connectivity index (χ0n) is 8.24. The molecule has 0 radical (unpaired) electrons. The van der Waals surface area contributed by atoms with Crippen LogP contribution in [0.5, 0.6) is 0 Å². The molecule has 1 rings (SSSR count). The van der Waals surface area contributed by atoms with Crippen molar-refractivity contribution < 1.29 is 0 Å². The Morgan fingerprint density at radius 1 is 1.40 bits per heavy atom. The predicted octanol–water partition coefficient (Wildman–Crippen LogP) is 2.01. The largest absolute Gasteiger partial charge is 0.330 e. The highest BCUT2D eigenvalue weighted by molar-refractivity contribution is 9.10. The van der Waals surface area contributed by atoms with Crippen molar-refractivity contribution >= 4 is 21.7 Å². The number of aryl methyl sites for hydroxylation is 1. The molecule has 0 aliphatic carbocycles. The second-order valence-electron chi connectivity index (χ2n) is 2.96. The molecule has 0 atom stereocenters. The van der Waals surface area contributed by atoms with Crippen molar-refractivity contribution in [3.8, 4) is 12.1 Å². The number of halogens is 1. The van der Waals surface area contributed by atoms with Gasteiger partial charge in [0.2, 0.25) is 0 Å².